The Morgan fingerprint density at radius 2 is 1.08 bits per heavy atom. The Kier molecular flexibility index (Phi) is 15.8. The molecule has 6 aromatic rings. The second-order valence-corrected chi connectivity index (χ2v) is 18.0. The molecule has 0 aliphatic carbocycles. The Bertz CT molecular complexity index is 2550. The molecule has 0 spiro atoms. The average Bonchev–Trinajstić information content (AvgIpc) is 4.15. The second kappa shape index (κ2) is 20.9. The van der Waals surface area contributed by atoms with Crippen LogP contribution in [-0.2, 0) is 0 Å². The number of aromatic amines is 3. The van der Waals surface area contributed by atoms with E-state index in [-0.39, 0.29) is 40.6 Å². The number of carbonyl (C=O) groups excluding carboxylic acids is 3. The van der Waals surface area contributed by atoms with E-state index in [1.165, 1.54) is 0 Å². The van der Waals surface area contributed by atoms with Gasteiger partial charge in [0.1, 0.15) is 0 Å². The summed E-state index contributed by atoms with van der Waals surface area (Å²) >= 11 is 0. The molecule has 0 saturated carbocycles. The molecule has 9 rings (SSSR count). The van der Waals surface area contributed by atoms with Gasteiger partial charge >= 0.3 is 14.1 Å². The van der Waals surface area contributed by atoms with Crippen LogP contribution in [0.15, 0.2) is 85.8 Å². The summed E-state index contributed by atoms with van der Waals surface area (Å²) in [6.07, 6.45) is 14.0. The molecule has 3 saturated heterocycles. The van der Waals surface area contributed by atoms with E-state index in [1.54, 1.807) is 38.3 Å². The summed E-state index contributed by atoms with van der Waals surface area (Å²) in [7, 11) is -1.03. The lowest BCUT2D eigenvalue weighted by Crippen LogP contribution is -2.40. The van der Waals surface area contributed by atoms with Crippen molar-refractivity contribution >= 4 is 76.6 Å². The molecule has 3 aliphatic rings. The average molecular weight is 890 g/mol. The first-order valence-electron chi connectivity index (χ1n) is 22.5. The van der Waals surface area contributed by atoms with E-state index in [4.69, 9.17) is 0 Å². The zero-order valence-corrected chi connectivity index (χ0v) is 38.3. The summed E-state index contributed by atoms with van der Waals surface area (Å²) in [6, 6.07) is 17.1. The fourth-order valence-electron chi connectivity index (χ4n) is 10.1. The minimum absolute atomic E-state index is 0. The van der Waals surface area contributed by atoms with Gasteiger partial charge in [0.2, 0.25) is 0 Å². The Balaban J connectivity index is 0.000000159. The smallest absolute Gasteiger partial charge is 0.376 e. The van der Waals surface area contributed by atoms with Gasteiger partial charge in [0.05, 0.1) is 35.1 Å². The molecule has 338 valence electrons. The highest BCUT2D eigenvalue weighted by atomic mass is 35.5. The quantitative estimate of drug-likeness (QED) is 0.0362. The summed E-state index contributed by atoms with van der Waals surface area (Å²) in [6.45, 7) is 16.0. The van der Waals surface area contributed by atoms with Crippen LogP contribution in [0, 0.1) is 16.2 Å². The van der Waals surface area contributed by atoms with Crippen LogP contribution in [0.4, 0.5) is 0 Å². The maximum atomic E-state index is 13.2. The minimum Gasteiger partial charge on any atom is -0.437 e. The third-order valence-corrected chi connectivity index (χ3v) is 13.6. The number of hydrogen-bond acceptors (Lipinski definition) is 11. The number of rotatable bonds is 14. The van der Waals surface area contributed by atoms with Crippen molar-refractivity contribution in [3.8, 4) is 0 Å². The molecule has 0 radical (unpaired) electrons. The zero-order chi connectivity index (χ0) is 44.8. The van der Waals surface area contributed by atoms with Crippen molar-refractivity contribution in [2.45, 2.75) is 78.9 Å². The van der Waals surface area contributed by atoms with E-state index < -0.39 is 19.5 Å². The Hall–Kier alpha value is -4.96. The molecule has 14 nitrogen and oxygen atoms in total. The first-order valence-corrected chi connectivity index (χ1v) is 22.5. The normalized spacial score (nSPS) is 22.1. The first-order chi connectivity index (χ1) is 30.4. The maximum Gasteiger partial charge on any atom is 0.376 e. The van der Waals surface area contributed by atoms with Gasteiger partial charge in [-0.05, 0) is 126 Å². The van der Waals surface area contributed by atoms with Crippen LogP contribution in [0.2, 0.25) is 13.6 Å². The van der Waals surface area contributed by atoms with Gasteiger partial charge in [-0.2, -0.15) is 15.3 Å². The number of nitrogens with one attached hydrogen (secondary N) is 4. The van der Waals surface area contributed by atoms with Crippen molar-refractivity contribution in [2.24, 2.45) is 16.2 Å². The summed E-state index contributed by atoms with van der Waals surface area (Å²) in [5.74, 6) is 0.599. The molecule has 3 aromatic carbocycles. The van der Waals surface area contributed by atoms with Gasteiger partial charge in [0.15, 0.2) is 17.3 Å². The van der Waals surface area contributed by atoms with Crippen molar-refractivity contribution < 1.29 is 24.4 Å². The molecule has 3 unspecified atom stereocenters. The van der Waals surface area contributed by atoms with Crippen LogP contribution in [0.3, 0.4) is 0 Å². The Morgan fingerprint density at radius 1 is 0.672 bits per heavy atom. The van der Waals surface area contributed by atoms with Crippen molar-refractivity contribution in [2.75, 3.05) is 39.3 Å². The van der Waals surface area contributed by atoms with Crippen molar-refractivity contribution in [3.63, 3.8) is 0 Å². The van der Waals surface area contributed by atoms with E-state index >= 15 is 0 Å². The number of aromatic nitrogens is 6. The molecular formula is C47H62B2ClN9O5. The molecule has 64 heavy (non-hydrogen) atoms. The van der Waals surface area contributed by atoms with Gasteiger partial charge in [-0.3, -0.25) is 29.7 Å². The minimum atomic E-state index is -0.532. The monoisotopic (exact) mass is 889 g/mol. The summed E-state index contributed by atoms with van der Waals surface area (Å²) in [5.41, 5.74) is 4.03. The van der Waals surface area contributed by atoms with Gasteiger partial charge in [-0.1, -0.05) is 32.8 Å². The third-order valence-electron chi connectivity index (χ3n) is 13.6. The van der Waals surface area contributed by atoms with Gasteiger partial charge in [0, 0.05) is 68.7 Å². The highest BCUT2D eigenvalue weighted by Gasteiger charge is 2.46. The molecule has 3 aliphatic heterocycles. The van der Waals surface area contributed by atoms with Gasteiger partial charge < -0.3 is 25.0 Å². The predicted molar refractivity (Wildman–Crippen MR) is 258 cm³/mol. The zero-order valence-electron chi connectivity index (χ0n) is 37.5. The highest BCUT2D eigenvalue weighted by Crippen LogP contribution is 2.40. The van der Waals surface area contributed by atoms with Gasteiger partial charge in [-0.15, -0.1) is 19.0 Å². The van der Waals surface area contributed by atoms with Crippen LogP contribution in [0.1, 0.15) is 96.3 Å². The molecule has 17 heteroatoms. The topological polar surface area (TPSA) is 196 Å². The number of halogens is 1. The van der Waals surface area contributed by atoms with Crippen molar-refractivity contribution in [1.29, 1.82) is 0 Å². The van der Waals surface area contributed by atoms with Crippen LogP contribution in [-0.4, -0.2) is 121 Å². The molecule has 6 heterocycles. The number of Topliss-reactive ketones (excluding diaryl/α,β-unsaturated/α-hetero) is 3. The molecule has 0 bridgehead atoms. The number of nitrogens with zero attached hydrogens (tertiary/aromatic N) is 5. The predicted octanol–water partition coefficient (Wildman–Crippen LogP) is 7.42. The molecule has 0 amide bonds. The fourth-order valence-corrected chi connectivity index (χ4v) is 10.1. The van der Waals surface area contributed by atoms with Crippen LogP contribution in [0.25, 0.3) is 32.7 Å². The number of fused-ring (bicyclic) bond motifs is 3. The van der Waals surface area contributed by atoms with E-state index in [1.807, 2.05) is 64.2 Å². The van der Waals surface area contributed by atoms with E-state index in [0.29, 0.717) is 25.1 Å². The third kappa shape index (κ3) is 10.1. The second-order valence-electron chi connectivity index (χ2n) is 18.0. The molecule has 6 N–H and O–H groups in total. The number of carbonyl (C=O) groups is 3. The highest BCUT2D eigenvalue weighted by molar-refractivity contribution is 6.45. The molecule has 3 atom stereocenters. The molecular weight excluding hydrogens is 828 g/mol. The standard InChI is InChI=1S/C16H22BN3O2.C16H20BN3O2.C15H19N3O.ClH/c2*1-3-6-16(7-8-20(11-16)17(2)22)15(21)12-4-5-14-13(9-12)10-18-19-14;1-2-5-15(6-7-16-10-15)14(19)11-3-4-13-12(8-11)9-17-18-13;/h4-5,9-10,22H,3,6-8,11H2,1-2H3,(H,18,19);3-5,9-10,22H,1,6-8,11H2,2H3,(H,18,19);3-4,8-9,16H,2,5-7,10H2,1H3,(H,17,18);1H. The summed E-state index contributed by atoms with van der Waals surface area (Å²) < 4.78 is 0. The Labute approximate surface area is 382 Å². The van der Waals surface area contributed by atoms with E-state index in [0.717, 1.165) is 115 Å². The van der Waals surface area contributed by atoms with Crippen molar-refractivity contribution in [3.05, 3.63) is 103 Å². The van der Waals surface area contributed by atoms with Crippen LogP contribution < -0.4 is 5.32 Å². The first kappa shape index (κ1) is 48.5. The summed E-state index contributed by atoms with van der Waals surface area (Å²) in [5, 5.41) is 46.6. The molecule has 3 fully saturated rings. The van der Waals surface area contributed by atoms with Gasteiger partial charge in [-0.25, -0.2) is 0 Å². The Morgan fingerprint density at radius 3 is 1.47 bits per heavy atom. The number of H-pyrrole nitrogens is 3. The number of ketones is 3. The lowest BCUT2D eigenvalue weighted by atomic mass is 9.75. The lowest BCUT2D eigenvalue weighted by Gasteiger charge is -2.28. The summed E-state index contributed by atoms with van der Waals surface area (Å²) in [4.78, 5) is 43.0. The SMILES string of the molecule is C=CCC1(C(=O)c2ccc3[nH]ncc3c2)CCN(B(C)O)C1.CCCC1(C(=O)c2ccc3[nH]ncc3c2)CCN(B(C)O)C1.CCCC1(C(=O)c2ccc3[nH]ncc3c2)CCNC1.Cl. The number of hydrogen-bond donors (Lipinski definition) is 6. The van der Waals surface area contributed by atoms with Gasteiger partial charge in [0.25, 0.3) is 0 Å². The van der Waals surface area contributed by atoms with Crippen LogP contribution >= 0.6 is 12.4 Å². The fraction of sp³-hybridized carbons (Fsp3) is 0.447. The van der Waals surface area contributed by atoms with E-state index in [9.17, 15) is 24.4 Å². The van der Waals surface area contributed by atoms with Crippen molar-refractivity contribution in [1.82, 2.24) is 45.5 Å². The number of benzene rings is 3. The number of allylic oxidation sites excluding steroid dienone is 1. The lowest BCUT2D eigenvalue weighted by molar-refractivity contribution is 0.0788. The maximum absolute atomic E-state index is 13.2. The largest absolute Gasteiger partial charge is 0.437 e. The molecule has 3 aromatic heterocycles. The van der Waals surface area contributed by atoms with Crippen LogP contribution in [0.5, 0.6) is 0 Å². The van der Waals surface area contributed by atoms with E-state index in [2.05, 4.69) is 56.3 Å².